The number of nitrogens with zero attached hydrogens (tertiary/aromatic N) is 2. The van der Waals surface area contributed by atoms with Gasteiger partial charge in [-0.15, -0.1) is 0 Å². The second kappa shape index (κ2) is 27.6. The molecule has 424 valence electrons. The Morgan fingerprint density at radius 3 is 1.38 bits per heavy atom. The summed E-state index contributed by atoms with van der Waals surface area (Å²) in [6.07, 6.45) is 29.1. The Morgan fingerprint density at radius 2 is 0.914 bits per heavy atom. The average Bonchev–Trinajstić information content (AvgIpc) is 4.55. The summed E-state index contributed by atoms with van der Waals surface area (Å²) in [5.74, 6) is 3.67. The van der Waals surface area contributed by atoms with Gasteiger partial charge < -0.3 is 65.7 Å². The lowest BCUT2D eigenvalue weighted by Gasteiger charge is -2.22. The molecule has 16 nitrogen and oxygen atoms in total. The quantitative estimate of drug-likeness (QED) is 0.0366. The average molecular weight is 1100 g/mol. The molecule has 0 aliphatic heterocycles. The Bertz CT molecular complexity index is 3430. The third-order valence-corrected chi connectivity index (χ3v) is 14.0. The minimum atomic E-state index is 0.0679. The molecule has 4 aliphatic rings. The van der Waals surface area contributed by atoms with Crippen LogP contribution in [0.2, 0.25) is 0 Å². The van der Waals surface area contributed by atoms with E-state index in [1.807, 2.05) is 48.5 Å². The zero-order valence-corrected chi connectivity index (χ0v) is 46.9. The number of allylic oxidation sites excluding steroid dienone is 16. The molecule has 2 unspecified atom stereocenters. The van der Waals surface area contributed by atoms with Gasteiger partial charge >= 0.3 is 0 Å². The van der Waals surface area contributed by atoms with Crippen molar-refractivity contribution in [1.82, 2.24) is 9.97 Å². The van der Waals surface area contributed by atoms with E-state index in [2.05, 4.69) is 72.9 Å². The molecule has 4 aromatic carbocycles. The molecular formula is C65H70N2O14. The van der Waals surface area contributed by atoms with Crippen molar-refractivity contribution in [3.8, 4) is 68.5 Å². The van der Waals surface area contributed by atoms with Crippen LogP contribution in [-0.4, -0.2) is 132 Å². The van der Waals surface area contributed by atoms with E-state index >= 15 is 0 Å². The zero-order valence-electron chi connectivity index (χ0n) is 46.9. The fraction of sp³-hybridized carbons (Fsp3) is 0.354. The minimum Gasteiger partial charge on any atom is -0.487 e. The summed E-state index contributed by atoms with van der Waals surface area (Å²) in [7, 11) is 9.81. The Balaban J connectivity index is 1.06. The highest BCUT2D eigenvalue weighted by molar-refractivity contribution is 5.95. The van der Waals surface area contributed by atoms with E-state index in [-0.39, 0.29) is 51.5 Å². The molecule has 16 heteroatoms. The summed E-state index contributed by atoms with van der Waals surface area (Å²) in [4.78, 5) is 10.2. The second-order valence-electron chi connectivity index (χ2n) is 19.5. The summed E-state index contributed by atoms with van der Waals surface area (Å²) in [6.45, 7) is 3.59. The van der Waals surface area contributed by atoms with Crippen LogP contribution in [0.15, 0.2) is 141 Å². The van der Waals surface area contributed by atoms with Crippen molar-refractivity contribution in [2.24, 2.45) is 11.8 Å². The molecule has 0 bridgehead atoms. The van der Waals surface area contributed by atoms with Crippen LogP contribution in [0, 0.1) is 11.8 Å². The number of methoxy groups -OCH3 is 6. The molecule has 2 atom stereocenters. The minimum absolute atomic E-state index is 0.0679. The molecule has 0 N–H and O–H groups in total. The zero-order chi connectivity index (χ0) is 55.9. The molecule has 0 spiro atoms. The van der Waals surface area contributed by atoms with Gasteiger partial charge in [0.15, 0.2) is 34.2 Å². The molecule has 6 aromatic rings. The number of rotatable bonds is 32. The number of ether oxygens (including phenoxy) is 12. The largest absolute Gasteiger partial charge is 0.487 e. The third kappa shape index (κ3) is 13.2. The number of hydrogen-bond donors (Lipinski definition) is 0. The molecule has 0 radical (unpaired) electrons. The van der Waals surface area contributed by atoms with Crippen LogP contribution < -0.4 is 28.4 Å². The molecule has 0 amide bonds. The molecule has 10 rings (SSSR count). The van der Waals surface area contributed by atoms with E-state index in [9.17, 15) is 0 Å². The van der Waals surface area contributed by atoms with Crippen molar-refractivity contribution in [1.29, 1.82) is 0 Å². The smallest absolute Gasteiger partial charge is 0.228 e. The maximum atomic E-state index is 6.82. The summed E-state index contributed by atoms with van der Waals surface area (Å²) in [5, 5.41) is 0. The topological polar surface area (TPSA) is 163 Å². The molecule has 0 saturated carbocycles. The summed E-state index contributed by atoms with van der Waals surface area (Å²) in [5.41, 5.74) is 11.4. The van der Waals surface area contributed by atoms with Crippen LogP contribution in [-0.2, 0) is 28.4 Å². The van der Waals surface area contributed by atoms with E-state index in [4.69, 9.17) is 75.6 Å². The maximum absolute atomic E-state index is 6.82. The Morgan fingerprint density at radius 1 is 0.457 bits per heavy atom. The van der Waals surface area contributed by atoms with Crippen LogP contribution in [0.3, 0.4) is 0 Å². The van der Waals surface area contributed by atoms with Crippen LogP contribution in [0.4, 0.5) is 0 Å². The Hall–Kier alpha value is -7.70. The lowest BCUT2D eigenvalue weighted by molar-refractivity contribution is 0.123. The van der Waals surface area contributed by atoms with Crippen molar-refractivity contribution in [2.75, 3.05) is 122 Å². The van der Waals surface area contributed by atoms with Gasteiger partial charge in [0.2, 0.25) is 23.3 Å². The summed E-state index contributed by atoms with van der Waals surface area (Å²) in [6, 6.07) is 15.8. The van der Waals surface area contributed by atoms with Gasteiger partial charge in [0.05, 0.1) is 50.8 Å². The predicted molar refractivity (Wildman–Crippen MR) is 312 cm³/mol. The predicted octanol–water partition coefficient (Wildman–Crippen LogP) is 12.4. The number of aromatic nitrogens is 2. The normalized spacial score (nSPS) is 16.2. The van der Waals surface area contributed by atoms with Crippen molar-refractivity contribution in [2.45, 2.75) is 19.3 Å². The first kappa shape index (κ1) is 56.6. The first-order valence-corrected chi connectivity index (χ1v) is 27.4. The van der Waals surface area contributed by atoms with Gasteiger partial charge in [-0.25, -0.2) is 9.97 Å². The number of benzene rings is 4. The van der Waals surface area contributed by atoms with E-state index in [1.165, 1.54) is 11.1 Å². The fourth-order valence-electron chi connectivity index (χ4n) is 10.1. The Labute approximate surface area is 472 Å². The van der Waals surface area contributed by atoms with Gasteiger partial charge in [0.25, 0.3) is 0 Å². The lowest BCUT2D eigenvalue weighted by Crippen LogP contribution is -2.13. The molecule has 2 aromatic heterocycles. The Kier molecular flexibility index (Phi) is 19.3. The monoisotopic (exact) mass is 1100 g/mol. The maximum Gasteiger partial charge on any atom is 0.228 e. The van der Waals surface area contributed by atoms with Gasteiger partial charge in [-0.3, -0.25) is 0 Å². The van der Waals surface area contributed by atoms with Crippen molar-refractivity contribution < 1.29 is 65.7 Å². The molecule has 81 heavy (non-hydrogen) atoms. The highest BCUT2D eigenvalue weighted by Crippen LogP contribution is 2.52. The molecular weight excluding hydrogens is 1030 g/mol. The van der Waals surface area contributed by atoms with Gasteiger partial charge in [-0.05, 0) is 89.4 Å². The first-order valence-electron chi connectivity index (χ1n) is 27.4. The van der Waals surface area contributed by atoms with Gasteiger partial charge in [0, 0.05) is 59.7 Å². The van der Waals surface area contributed by atoms with E-state index in [1.54, 1.807) is 42.7 Å². The molecule has 4 aliphatic carbocycles. The summed E-state index contributed by atoms with van der Waals surface area (Å²) >= 11 is 0. The van der Waals surface area contributed by atoms with Crippen LogP contribution in [0.5, 0.6) is 34.5 Å². The van der Waals surface area contributed by atoms with Crippen LogP contribution >= 0.6 is 0 Å². The van der Waals surface area contributed by atoms with E-state index < -0.39 is 0 Å². The highest BCUT2D eigenvalue weighted by atomic mass is 16.6. The lowest BCUT2D eigenvalue weighted by atomic mass is 9.96. The standard InChI is InChI=1S/C65H70N2O14/c1-68-23-29-74-56-40-50(58(48-16-15-43(36-48)35-42-11-7-8-12-42)62(78-33-27-72-5)60(56)76-31-25-70-3)64-66-52-21-19-46(38-54(52)80-64)47-20-22-53-55(39-47)81-65(67-53)51-41-57(75-30-24-69-2)61(77-32-26-71-4)63(79-34-28-73-6)59(51)49-18-17-45(37-49)44-13-9-10-14-44/h7,9,11-22,36-41,43,45H,8,10,23-35H2,1-6H3. The third-order valence-electron chi connectivity index (χ3n) is 14.0. The van der Waals surface area contributed by atoms with Crippen LogP contribution in [0.1, 0.15) is 30.4 Å². The summed E-state index contributed by atoms with van der Waals surface area (Å²) < 4.78 is 85.2. The first-order chi connectivity index (χ1) is 39.9. The van der Waals surface area contributed by atoms with Crippen molar-refractivity contribution in [3.05, 3.63) is 144 Å². The second-order valence-corrected chi connectivity index (χ2v) is 19.5. The van der Waals surface area contributed by atoms with Crippen LogP contribution in [0.25, 0.3) is 67.4 Å². The number of oxazole rings is 2. The molecule has 2 heterocycles. The SMILES string of the molecule is COCCOc1cc(-c2nc3ccc(-c4ccc5nc(-c6cc(OCCOC)c(OCCOC)c(OCCOC)c6C6=CC(C7=CCC=C7)C=C6)oc5c4)cc3o2)c(C2=CC(CC3=CCC=C3)C=C2)c(OCCOC)c1OCCOC. The number of fused-ring (bicyclic) bond motifs is 2. The van der Waals surface area contributed by atoms with E-state index in [0.29, 0.717) is 119 Å². The van der Waals surface area contributed by atoms with Crippen molar-refractivity contribution >= 4 is 33.3 Å². The fourth-order valence-corrected chi connectivity index (χ4v) is 10.1. The molecule has 0 saturated heterocycles. The van der Waals surface area contributed by atoms with Gasteiger partial charge in [0.1, 0.15) is 50.7 Å². The van der Waals surface area contributed by atoms with Gasteiger partial charge in [-0.1, -0.05) is 90.6 Å². The number of hydrogen-bond acceptors (Lipinski definition) is 16. The van der Waals surface area contributed by atoms with E-state index in [0.717, 1.165) is 52.7 Å². The highest BCUT2D eigenvalue weighted by Gasteiger charge is 2.32. The molecule has 0 fully saturated rings. The van der Waals surface area contributed by atoms with Gasteiger partial charge in [-0.2, -0.15) is 0 Å². The van der Waals surface area contributed by atoms with Crippen molar-refractivity contribution in [3.63, 3.8) is 0 Å².